The first-order chi connectivity index (χ1) is 13.6. The van der Waals surface area contributed by atoms with Crippen molar-refractivity contribution in [1.29, 1.82) is 0 Å². The molecule has 0 radical (unpaired) electrons. The van der Waals surface area contributed by atoms with Gasteiger partial charge in [-0.05, 0) is 42.8 Å². The van der Waals surface area contributed by atoms with Crippen molar-refractivity contribution in [3.05, 3.63) is 53.8 Å². The van der Waals surface area contributed by atoms with Crippen LogP contribution >= 0.6 is 11.9 Å². The number of hydrogen-bond acceptors (Lipinski definition) is 4. The molecule has 0 bridgehead atoms. The van der Waals surface area contributed by atoms with Crippen molar-refractivity contribution in [1.82, 2.24) is 5.32 Å². The fourth-order valence-electron chi connectivity index (χ4n) is 3.23. The summed E-state index contributed by atoms with van der Waals surface area (Å²) in [7, 11) is 1.59. The Labute approximate surface area is 169 Å². The number of fused-ring (bicyclic) bond motifs is 1. The lowest BCUT2D eigenvalue weighted by molar-refractivity contribution is 0.0964. The van der Waals surface area contributed by atoms with Crippen molar-refractivity contribution in [3.8, 4) is 11.3 Å². The smallest absolute Gasteiger partial charge is 0.255 e. The van der Waals surface area contributed by atoms with Crippen LogP contribution in [0.1, 0.15) is 36.5 Å². The number of hydrogen-bond donors (Lipinski definition) is 1. The summed E-state index contributed by atoms with van der Waals surface area (Å²) in [5.74, 6) is -0.102. The summed E-state index contributed by atoms with van der Waals surface area (Å²) in [6.07, 6.45) is 5.54. The summed E-state index contributed by atoms with van der Waals surface area (Å²) in [5, 5.41) is 3.42. The maximum atomic E-state index is 13.3. The fourth-order valence-corrected chi connectivity index (χ4v) is 3.86. The van der Waals surface area contributed by atoms with E-state index in [0.717, 1.165) is 24.0 Å². The first kappa shape index (κ1) is 20.3. The predicted molar refractivity (Wildman–Crippen MR) is 115 cm³/mol. The number of nitrogens with zero attached hydrogens (tertiary/aromatic N) is 1. The molecule has 0 aliphatic rings. The number of amides is 1. The Bertz CT molecular complexity index is 953. The van der Waals surface area contributed by atoms with Crippen molar-refractivity contribution in [2.75, 3.05) is 24.2 Å². The van der Waals surface area contributed by atoms with E-state index in [4.69, 9.17) is 4.42 Å². The number of carbonyl (C=O) groups is 1. The van der Waals surface area contributed by atoms with Crippen molar-refractivity contribution in [2.45, 2.75) is 26.2 Å². The highest BCUT2D eigenvalue weighted by Gasteiger charge is 2.22. The molecule has 148 valence electrons. The Morgan fingerprint density at radius 3 is 2.57 bits per heavy atom. The second kappa shape index (κ2) is 9.15. The van der Waals surface area contributed by atoms with Crippen molar-refractivity contribution in [2.24, 2.45) is 0 Å². The highest BCUT2D eigenvalue weighted by Crippen LogP contribution is 2.36. The van der Waals surface area contributed by atoms with Crippen molar-refractivity contribution >= 4 is 34.5 Å². The van der Waals surface area contributed by atoms with Crippen molar-refractivity contribution in [3.63, 3.8) is 0 Å². The van der Waals surface area contributed by atoms with Gasteiger partial charge in [0, 0.05) is 36.9 Å². The quantitative estimate of drug-likeness (QED) is 0.379. The topological polar surface area (TPSA) is 45.5 Å². The van der Waals surface area contributed by atoms with Gasteiger partial charge in [-0.2, -0.15) is 0 Å². The second-order valence-corrected chi connectivity index (χ2v) is 7.37. The summed E-state index contributed by atoms with van der Waals surface area (Å²) in [6.45, 7) is 3.14. The van der Waals surface area contributed by atoms with Gasteiger partial charge in [-0.25, -0.2) is 4.39 Å². The molecule has 3 rings (SSSR count). The normalized spacial score (nSPS) is 11.0. The van der Waals surface area contributed by atoms with Crippen LogP contribution < -0.4 is 9.62 Å². The molecule has 0 saturated heterocycles. The number of rotatable bonds is 8. The minimum Gasteiger partial charge on any atom is -0.455 e. The molecule has 6 heteroatoms. The number of unbranched alkanes of at least 4 members (excludes halogenated alkanes) is 2. The molecule has 0 saturated carbocycles. The van der Waals surface area contributed by atoms with Gasteiger partial charge in [0.2, 0.25) is 0 Å². The van der Waals surface area contributed by atoms with E-state index in [1.54, 1.807) is 31.1 Å². The van der Waals surface area contributed by atoms with Gasteiger partial charge < -0.3 is 14.0 Å². The van der Waals surface area contributed by atoms with Gasteiger partial charge in [-0.1, -0.05) is 31.7 Å². The molecular weight excluding hydrogens is 375 g/mol. The first-order valence-electron chi connectivity index (χ1n) is 9.45. The third-order valence-corrected chi connectivity index (χ3v) is 5.54. The lowest BCUT2D eigenvalue weighted by Gasteiger charge is -2.21. The highest BCUT2D eigenvalue weighted by molar-refractivity contribution is 7.99. The molecule has 0 spiro atoms. The van der Waals surface area contributed by atoms with E-state index in [1.165, 1.54) is 25.0 Å². The molecule has 1 aromatic heterocycles. The molecule has 1 amide bonds. The molecule has 0 aliphatic heterocycles. The van der Waals surface area contributed by atoms with E-state index < -0.39 is 0 Å². The van der Waals surface area contributed by atoms with Crippen LogP contribution in [-0.4, -0.2) is 25.8 Å². The van der Waals surface area contributed by atoms with Gasteiger partial charge in [0.1, 0.15) is 17.2 Å². The molecule has 0 fully saturated rings. The summed E-state index contributed by atoms with van der Waals surface area (Å²) in [6, 6.07) is 11.9. The molecule has 4 nitrogen and oxygen atoms in total. The van der Waals surface area contributed by atoms with Gasteiger partial charge in [0.05, 0.1) is 11.3 Å². The largest absolute Gasteiger partial charge is 0.455 e. The van der Waals surface area contributed by atoms with Crippen LogP contribution in [0.4, 0.5) is 10.1 Å². The van der Waals surface area contributed by atoms with Crippen LogP contribution in [0.5, 0.6) is 0 Å². The first-order valence-corrected chi connectivity index (χ1v) is 10.6. The van der Waals surface area contributed by atoms with E-state index in [0.29, 0.717) is 22.5 Å². The standard InChI is InChI=1S/C22H25FN2O2S/c1-4-5-6-13-25(28-3)17-11-12-18-19(14-17)27-21(20(18)22(26)24-2)15-7-9-16(23)10-8-15/h7-12,14H,4-6,13H2,1-3H3,(H,24,26). The van der Waals surface area contributed by atoms with E-state index in [-0.39, 0.29) is 11.7 Å². The van der Waals surface area contributed by atoms with Gasteiger partial charge >= 0.3 is 0 Å². The third kappa shape index (κ3) is 4.17. The predicted octanol–water partition coefficient (Wildman–Crippen LogP) is 5.87. The number of carbonyl (C=O) groups excluding carboxylic acids is 1. The van der Waals surface area contributed by atoms with E-state index in [1.807, 2.05) is 18.2 Å². The maximum Gasteiger partial charge on any atom is 0.255 e. The van der Waals surface area contributed by atoms with Crippen LogP contribution in [-0.2, 0) is 0 Å². The van der Waals surface area contributed by atoms with Crippen LogP contribution in [0.2, 0.25) is 0 Å². The average molecular weight is 401 g/mol. The van der Waals surface area contributed by atoms with Crippen LogP contribution in [0.3, 0.4) is 0 Å². The van der Waals surface area contributed by atoms with Gasteiger partial charge in [-0.15, -0.1) is 0 Å². The summed E-state index contributed by atoms with van der Waals surface area (Å²) in [4.78, 5) is 12.5. The summed E-state index contributed by atoms with van der Waals surface area (Å²) < 4.78 is 21.6. The summed E-state index contributed by atoms with van der Waals surface area (Å²) >= 11 is 1.67. The van der Waals surface area contributed by atoms with Crippen LogP contribution in [0.25, 0.3) is 22.3 Å². The van der Waals surface area contributed by atoms with Crippen LogP contribution in [0, 0.1) is 5.82 Å². The molecule has 1 N–H and O–H groups in total. The van der Waals surface area contributed by atoms with Gasteiger partial charge in [0.25, 0.3) is 5.91 Å². The molecule has 0 unspecified atom stereocenters. The van der Waals surface area contributed by atoms with Gasteiger partial charge in [-0.3, -0.25) is 4.79 Å². The monoisotopic (exact) mass is 400 g/mol. The number of anilines is 1. The van der Waals surface area contributed by atoms with Crippen LogP contribution in [0.15, 0.2) is 46.9 Å². The maximum absolute atomic E-state index is 13.3. The molecule has 0 aliphatic carbocycles. The molecule has 28 heavy (non-hydrogen) atoms. The Morgan fingerprint density at radius 2 is 1.93 bits per heavy atom. The third-order valence-electron chi connectivity index (χ3n) is 4.71. The lowest BCUT2D eigenvalue weighted by atomic mass is 10.0. The minimum absolute atomic E-state index is 0.226. The molecule has 1 heterocycles. The van der Waals surface area contributed by atoms with Gasteiger partial charge in [0.15, 0.2) is 0 Å². The Morgan fingerprint density at radius 1 is 1.18 bits per heavy atom. The number of halogens is 1. The molecule has 0 atom stereocenters. The number of furan rings is 1. The lowest BCUT2D eigenvalue weighted by Crippen LogP contribution is -2.18. The highest BCUT2D eigenvalue weighted by atomic mass is 32.2. The zero-order valence-electron chi connectivity index (χ0n) is 16.4. The number of nitrogens with one attached hydrogen (secondary N) is 1. The molecule has 2 aromatic carbocycles. The SMILES string of the molecule is CCCCCN(SC)c1ccc2c(C(=O)NC)c(-c3ccc(F)cc3)oc2c1. The zero-order valence-corrected chi connectivity index (χ0v) is 17.2. The Hall–Kier alpha value is -2.47. The second-order valence-electron chi connectivity index (χ2n) is 6.56. The molecule has 3 aromatic rings. The van der Waals surface area contributed by atoms with E-state index >= 15 is 0 Å². The zero-order chi connectivity index (χ0) is 20.1. The van der Waals surface area contributed by atoms with Crippen molar-refractivity contribution < 1.29 is 13.6 Å². The van der Waals surface area contributed by atoms with E-state index in [9.17, 15) is 9.18 Å². The van der Waals surface area contributed by atoms with E-state index in [2.05, 4.69) is 22.8 Å². The minimum atomic E-state index is -0.327. The number of benzene rings is 2. The summed E-state index contributed by atoms with van der Waals surface area (Å²) in [5.41, 5.74) is 2.82. The fraction of sp³-hybridized carbons (Fsp3) is 0.318. The Kier molecular flexibility index (Phi) is 6.62. The molecular formula is C22H25FN2O2S. The average Bonchev–Trinajstić information content (AvgIpc) is 3.10. The Balaban J connectivity index is 2.06.